The van der Waals surface area contributed by atoms with Crippen molar-refractivity contribution < 1.29 is 4.39 Å². The van der Waals surface area contributed by atoms with Crippen molar-refractivity contribution in [2.75, 3.05) is 0 Å². The van der Waals surface area contributed by atoms with Gasteiger partial charge in [-0.25, -0.2) is 9.37 Å². The smallest absolute Gasteiger partial charge is 0.123 e. The van der Waals surface area contributed by atoms with E-state index in [0.29, 0.717) is 6.04 Å². The minimum Gasteiger partial charge on any atom is -0.347 e. The number of hydrogen-bond acceptors (Lipinski definition) is 2. The Morgan fingerprint density at radius 2 is 2.05 bits per heavy atom. The Morgan fingerprint density at radius 3 is 2.63 bits per heavy atom. The molecule has 2 unspecified atom stereocenters. The van der Waals surface area contributed by atoms with Crippen molar-refractivity contribution in [2.24, 2.45) is 0 Å². The Labute approximate surface area is 113 Å². The molecule has 1 aromatic heterocycles. The molecule has 0 radical (unpaired) electrons. The molecule has 0 spiro atoms. The van der Waals surface area contributed by atoms with Crippen molar-refractivity contribution in [2.45, 2.75) is 38.8 Å². The van der Waals surface area contributed by atoms with E-state index in [9.17, 15) is 4.39 Å². The van der Waals surface area contributed by atoms with E-state index in [-0.39, 0.29) is 11.9 Å². The lowest BCUT2D eigenvalue weighted by molar-refractivity contribution is 0.430. The maximum absolute atomic E-state index is 12.8. The van der Waals surface area contributed by atoms with Crippen molar-refractivity contribution in [1.82, 2.24) is 15.3 Å². The van der Waals surface area contributed by atoms with E-state index in [2.05, 4.69) is 29.1 Å². The van der Waals surface area contributed by atoms with Gasteiger partial charge in [-0.3, -0.25) is 0 Å². The van der Waals surface area contributed by atoms with Crippen LogP contribution >= 0.6 is 0 Å². The zero-order valence-electron chi connectivity index (χ0n) is 11.4. The van der Waals surface area contributed by atoms with Gasteiger partial charge >= 0.3 is 0 Å². The summed E-state index contributed by atoms with van der Waals surface area (Å²) < 4.78 is 12.8. The van der Waals surface area contributed by atoms with E-state index in [1.54, 1.807) is 6.20 Å². The first-order valence-electron chi connectivity index (χ1n) is 6.68. The second-order valence-corrected chi connectivity index (χ2v) is 4.83. The van der Waals surface area contributed by atoms with Gasteiger partial charge in [-0.05, 0) is 37.5 Å². The summed E-state index contributed by atoms with van der Waals surface area (Å²) in [4.78, 5) is 7.43. The maximum Gasteiger partial charge on any atom is 0.123 e. The van der Waals surface area contributed by atoms with E-state index in [1.807, 2.05) is 18.3 Å². The lowest BCUT2D eigenvalue weighted by atomic mass is 10.1. The van der Waals surface area contributed by atoms with Gasteiger partial charge in [0.25, 0.3) is 0 Å². The van der Waals surface area contributed by atoms with Gasteiger partial charge < -0.3 is 10.3 Å². The summed E-state index contributed by atoms with van der Waals surface area (Å²) >= 11 is 0. The molecule has 4 heteroatoms. The van der Waals surface area contributed by atoms with Crippen LogP contribution in [-0.4, -0.2) is 16.0 Å². The van der Waals surface area contributed by atoms with Crippen LogP contribution in [0.15, 0.2) is 36.7 Å². The summed E-state index contributed by atoms with van der Waals surface area (Å²) in [5.41, 5.74) is 1.13. The number of benzene rings is 1. The second-order valence-electron chi connectivity index (χ2n) is 4.83. The summed E-state index contributed by atoms with van der Waals surface area (Å²) in [5.74, 6) is 0.778. The van der Waals surface area contributed by atoms with Crippen LogP contribution in [0.2, 0.25) is 0 Å². The fraction of sp³-hybridized carbons (Fsp3) is 0.400. The minimum absolute atomic E-state index is 0.189. The zero-order chi connectivity index (χ0) is 13.7. The minimum atomic E-state index is -0.189. The molecule has 1 aromatic carbocycles. The molecule has 3 nitrogen and oxygen atoms in total. The van der Waals surface area contributed by atoms with Crippen LogP contribution in [0, 0.1) is 5.82 Å². The fourth-order valence-corrected chi connectivity index (χ4v) is 2.23. The number of H-pyrrole nitrogens is 1. The number of aromatic amines is 1. The topological polar surface area (TPSA) is 40.7 Å². The molecule has 102 valence electrons. The molecule has 0 aliphatic carbocycles. The molecule has 1 heterocycles. The van der Waals surface area contributed by atoms with Crippen molar-refractivity contribution in [1.29, 1.82) is 0 Å². The first kappa shape index (κ1) is 13.7. The van der Waals surface area contributed by atoms with Crippen LogP contribution in [0.1, 0.15) is 37.7 Å². The van der Waals surface area contributed by atoms with Gasteiger partial charge in [-0.2, -0.15) is 0 Å². The second kappa shape index (κ2) is 6.48. The molecule has 2 rings (SSSR count). The monoisotopic (exact) mass is 261 g/mol. The van der Waals surface area contributed by atoms with E-state index >= 15 is 0 Å². The van der Waals surface area contributed by atoms with E-state index in [4.69, 9.17) is 0 Å². The molecule has 0 saturated heterocycles. The lowest BCUT2D eigenvalue weighted by Gasteiger charge is -2.20. The SMILES string of the molecule is CCC(NC(C)Cc1ccc(F)cc1)c1ncc[nH]1. The molecule has 0 aliphatic heterocycles. The number of imidazole rings is 1. The summed E-state index contributed by atoms with van der Waals surface area (Å²) in [6.45, 7) is 4.26. The largest absolute Gasteiger partial charge is 0.347 e. The number of halogens is 1. The molecule has 0 bridgehead atoms. The average molecular weight is 261 g/mol. The number of nitrogens with zero attached hydrogens (tertiary/aromatic N) is 1. The van der Waals surface area contributed by atoms with E-state index < -0.39 is 0 Å². The molecule has 0 fully saturated rings. The van der Waals surface area contributed by atoms with Gasteiger partial charge in [0.2, 0.25) is 0 Å². The van der Waals surface area contributed by atoms with E-state index in [1.165, 1.54) is 12.1 Å². The highest BCUT2D eigenvalue weighted by Crippen LogP contribution is 2.14. The maximum atomic E-state index is 12.8. The Morgan fingerprint density at radius 1 is 1.32 bits per heavy atom. The van der Waals surface area contributed by atoms with Crippen LogP contribution in [0.4, 0.5) is 4.39 Å². The molecule has 0 saturated carbocycles. The van der Waals surface area contributed by atoms with Gasteiger partial charge in [0.15, 0.2) is 0 Å². The standard InChI is InChI=1S/C15H20FN3/c1-3-14(15-17-8-9-18-15)19-11(2)10-12-4-6-13(16)7-5-12/h4-9,11,14,19H,3,10H2,1-2H3,(H,17,18). The number of rotatable bonds is 6. The Hall–Kier alpha value is -1.68. The average Bonchev–Trinajstić information content (AvgIpc) is 2.92. The normalized spacial score (nSPS) is 14.3. The van der Waals surface area contributed by atoms with Crippen molar-refractivity contribution >= 4 is 0 Å². The molecular formula is C15H20FN3. The van der Waals surface area contributed by atoms with Crippen LogP contribution in [-0.2, 0) is 6.42 Å². The Balaban J connectivity index is 1.93. The predicted molar refractivity (Wildman–Crippen MR) is 74.3 cm³/mol. The van der Waals surface area contributed by atoms with Crippen LogP contribution in [0.25, 0.3) is 0 Å². The van der Waals surface area contributed by atoms with Gasteiger partial charge in [-0.15, -0.1) is 0 Å². The Bertz CT molecular complexity index is 479. The number of nitrogens with one attached hydrogen (secondary N) is 2. The highest BCUT2D eigenvalue weighted by Gasteiger charge is 2.14. The molecule has 0 amide bonds. The third-order valence-corrected chi connectivity index (χ3v) is 3.20. The van der Waals surface area contributed by atoms with Gasteiger partial charge in [0, 0.05) is 18.4 Å². The zero-order valence-corrected chi connectivity index (χ0v) is 11.4. The van der Waals surface area contributed by atoms with Crippen LogP contribution < -0.4 is 5.32 Å². The lowest BCUT2D eigenvalue weighted by Crippen LogP contribution is -2.32. The summed E-state index contributed by atoms with van der Waals surface area (Å²) in [5, 5.41) is 3.54. The molecular weight excluding hydrogens is 241 g/mol. The molecule has 2 N–H and O–H groups in total. The quantitative estimate of drug-likeness (QED) is 0.838. The predicted octanol–water partition coefficient (Wildman–Crippen LogP) is 3.22. The van der Waals surface area contributed by atoms with E-state index in [0.717, 1.165) is 24.2 Å². The first-order chi connectivity index (χ1) is 9.19. The van der Waals surface area contributed by atoms with Gasteiger partial charge in [0.1, 0.15) is 11.6 Å². The van der Waals surface area contributed by atoms with Crippen molar-refractivity contribution in [3.8, 4) is 0 Å². The van der Waals surface area contributed by atoms with Gasteiger partial charge in [-0.1, -0.05) is 19.1 Å². The number of hydrogen-bond donors (Lipinski definition) is 2. The summed E-state index contributed by atoms with van der Waals surface area (Å²) in [6, 6.07) is 7.21. The van der Waals surface area contributed by atoms with Crippen LogP contribution in [0.5, 0.6) is 0 Å². The molecule has 2 aromatic rings. The third kappa shape index (κ3) is 3.89. The summed E-state index contributed by atoms with van der Waals surface area (Å²) in [7, 11) is 0. The third-order valence-electron chi connectivity index (χ3n) is 3.20. The Kier molecular flexibility index (Phi) is 4.68. The van der Waals surface area contributed by atoms with Crippen molar-refractivity contribution in [3.63, 3.8) is 0 Å². The highest BCUT2D eigenvalue weighted by molar-refractivity contribution is 5.17. The van der Waals surface area contributed by atoms with Gasteiger partial charge in [0.05, 0.1) is 6.04 Å². The molecule has 0 aliphatic rings. The van der Waals surface area contributed by atoms with Crippen molar-refractivity contribution in [3.05, 3.63) is 53.9 Å². The molecule has 19 heavy (non-hydrogen) atoms. The number of aromatic nitrogens is 2. The highest BCUT2D eigenvalue weighted by atomic mass is 19.1. The summed E-state index contributed by atoms with van der Waals surface area (Å²) in [6.07, 6.45) is 5.45. The molecule has 2 atom stereocenters. The fourth-order valence-electron chi connectivity index (χ4n) is 2.23. The first-order valence-corrected chi connectivity index (χ1v) is 6.68. The van der Waals surface area contributed by atoms with Crippen LogP contribution in [0.3, 0.4) is 0 Å².